The Bertz CT molecular complexity index is 1140. The summed E-state index contributed by atoms with van der Waals surface area (Å²) in [5.74, 6) is 0.662. The first kappa shape index (κ1) is 17.1. The highest BCUT2D eigenvalue weighted by atomic mass is 32.1. The normalized spacial score (nSPS) is 14.1. The van der Waals surface area contributed by atoms with Gasteiger partial charge in [-0.3, -0.25) is 14.9 Å². The Balaban J connectivity index is 1.35. The van der Waals surface area contributed by atoms with E-state index in [1.807, 2.05) is 29.6 Å². The maximum Gasteiger partial charge on any atom is 0.224 e. The summed E-state index contributed by atoms with van der Waals surface area (Å²) in [7, 11) is 0. The monoisotopic (exact) mass is 389 g/mol. The van der Waals surface area contributed by atoms with Crippen molar-refractivity contribution in [3.8, 4) is 21.8 Å². The van der Waals surface area contributed by atoms with Crippen molar-refractivity contribution >= 4 is 33.8 Å². The lowest BCUT2D eigenvalue weighted by Gasteiger charge is -2.24. The molecule has 7 heteroatoms. The Morgan fingerprint density at radius 3 is 2.93 bits per heavy atom. The van der Waals surface area contributed by atoms with E-state index in [9.17, 15) is 4.79 Å². The van der Waals surface area contributed by atoms with E-state index in [-0.39, 0.29) is 5.91 Å². The number of aromatic amines is 1. The summed E-state index contributed by atoms with van der Waals surface area (Å²) in [6.07, 6.45) is 9.54. The lowest BCUT2D eigenvalue weighted by atomic mass is 9.83. The van der Waals surface area contributed by atoms with Crippen molar-refractivity contribution < 1.29 is 4.79 Å². The molecule has 28 heavy (non-hydrogen) atoms. The molecule has 6 nitrogen and oxygen atoms in total. The summed E-state index contributed by atoms with van der Waals surface area (Å²) in [5, 5.41) is 13.1. The zero-order valence-corrected chi connectivity index (χ0v) is 16.0. The zero-order chi connectivity index (χ0) is 18.9. The van der Waals surface area contributed by atoms with Gasteiger partial charge in [0, 0.05) is 22.8 Å². The van der Waals surface area contributed by atoms with Crippen molar-refractivity contribution in [2.75, 3.05) is 5.32 Å². The minimum atomic E-state index is 0.0988. The second-order valence-electron chi connectivity index (χ2n) is 7.21. The molecule has 1 saturated carbocycles. The number of benzene rings is 1. The minimum absolute atomic E-state index is 0.0988. The van der Waals surface area contributed by atoms with Gasteiger partial charge in [0.05, 0.1) is 46.1 Å². The van der Waals surface area contributed by atoms with Crippen LogP contribution < -0.4 is 5.32 Å². The van der Waals surface area contributed by atoms with Crippen molar-refractivity contribution in [2.24, 2.45) is 5.92 Å². The maximum absolute atomic E-state index is 12.1. The smallest absolute Gasteiger partial charge is 0.224 e. The fourth-order valence-corrected chi connectivity index (χ4v) is 4.22. The van der Waals surface area contributed by atoms with Crippen LogP contribution in [0.3, 0.4) is 0 Å². The van der Waals surface area contributed by atoms with Gasteiger partial charge in [0.25, 0.3) is 0 Å². The van der Waals surface area contributed by atoms with Crippen molar-refractivity contribution in [3.05, 3.63) is 48.2 Å². The molecule has 5 rings (SSSR count). The Morgan fingerprint density at radius 1 is 1.18 bits per heavy atom. The van der Waals surface area contributed by atoms with Crippen LogP contribution in [-0.2, 0) is 4.79 Å². The third kappa shape index (κ3) is 3.41. The van der Waals surface area contributed by atoms with Crippen molar-refractivity contribution in [1.29, 1.82) is 0 Å². The average Bonchev–Trinajstić information content (AvgIpc) is 3.33. The number of fused-ring (bicyclic) bond motifs is 1. The van der Waals surface area contributed by atoms with Crippen molar-refractivity contribution in [2.45, 2.75) is 25.7 Å². The van der Waals surface area contributed by atoms with E-state index >= 15 is 0 Å². The Labute approximate surface area is 166 Å². The van der Waals surface area contributed by atoms with Gasteiger partial charge in [0.1, 0.15) is 0 Å². The number of hydrogen-bond donors (Lipinski definition) is 2. The summed E-state index contributed by atoms with van der Waals surface area (Å²) in [5.41, 5.74) is 4.38. The molecule has 0 saturated heterocycles. The lowest BCUT2D eigenvalue weighted by Crippen LogP contribution is -2.20. The molecule has 1 fully saturated rings. The number of nitrogens with one attached hydrogen (secondary N) is 2. The molecule has 4 aromatic rings. The van der Waals surface area contributed by atoms with Gasteiger partial charge >= 0.3 is 0 Å². The number of anilines is 1. The lowest BCUT2D eigenvalue weighted by molar-refractivity contribution is -0.117. The number of carbonyl (C=O) groups excluding carboxylic acids is 1. The highest BCUT2D eigenvalue weighted by Crippen LogP contribution is 2.32. The van der Waals surface area contributed by atoms with Crippen LogP contribution in [0.5, 0.6) is 0 Å². The molecule has 140 valence electrons. The maximum atomic E-state index is 12.1. The number of rotatable bonds is 5. The summed E-state index contributed by atoms with van der Waals surface area (Å²) in [4.78, 5) is 22.3. The molecule has 0 bridgehead atoms. The van der Waals surface area contributed by atoms with Crippen LogP contribution in [0.15, 0.2) is 48.2 Å². The topological polar surface area (TPSA) is 83.6 Å². The summed E-state index contributed by atoms with van der Waals surface area (Å²) >= 11 is 1.56. The molecule has 0 aliphatic heterocycles. The Hall–Kier alpha value is -3.06. The van der Waals surface area contributed by atoms with Gasteiger partial charge in [-0.05, 0) is 30.9 Å². The molecule has 0 radical (unpaired) electrons. The van der Waals surface area contributed by atoms with Crippen molar-refractivity contribution in [3.63, 3.8) is 0 Å². The number of aromatic nitrogens is 4. The van der Waals surface area contributed by atoms with Crippen LogP contribution in [0.25, 0.3) is 32.7 Å². The third-order valence-electron chi connectivity index (χ3n) is 5.21. The van der Waals surface area contributed by atoms with Crippen LogP contribution in [0.1, 0.15) is 25.7 Å². The zero-order valence-electron chi connectivity index (χ0n) is 15.2. The predicted molar refractivity (Wildman–Crippen MR) is 111 cm³/mol. The molecule has 1 aliphatic carbocycles. The number of H-pyrrole nitrogens is 1. The standard InChI is InChI=1S/C21H19N5OS/c27-21(6-13-2-1-3-13)24-16-8-20(28-12-16)19-11-22-10-18(25-19)14-4-5-15-9-23-26-17(15)7-14/h4-5,7-13H,1-3,6H2,(H,23,26)(H,24,27). The highest BCUT2D eigenvalue weighted by molar-refractivity contribution is 7.14. The Kier molecular flexibility index (Phi) is 4.37. The summed E-state index contributed by atoms with van der Waals surface area (Å²) in [6, 6.07) is 8.03. The Morgan fingerprint density at radius 2 is 2.07 bits per heavy atom. The fraction of sp³-hybridized carbons (Fsp3) is 0.238. The first-order valence-electron chi connectivity index (χ1n) is 9.39. The van der Waals surface area contributed by atoms with Gasteiger partial charge in [-0.15, -0.1) is 11.3 Å². The summed E-state index contributed by atoms with van der Waals surface area (Å²) < 4.78 is 0. The van der Waals surface area contributed by atoms with E-state index < -0.39 is 0 Å². The third-order valence-corrected chi connectivity index (χ3v) is 6.16. The first-order chi connectivity index (χ1) is 13.7. The second-order valence-corrected chi connectivity index (χ2v) is 8.12. The van der Waals surface area contributed by atoms with Gasteiger partial charge in [-0.25, -0.2) is 4.98 Å². The van der Waals surface area contributed by atoms with Gasteiger partial charge in [0.15, 0.2) is 0 Å². The van der Waals surface area contributed by atoms with Gasteiger partial charge < -0.3 is 5.32 Å². The first-order valence-corrected chi connectivity index (χ1v) is 10.3. The van der Waals surface area contributed by atoms with Gasteiger partial charge in [0.2, 0.25) is 5.91 Å². The van der Waals surface area contributed by atoms with E-state index in [0.717, 1.165) is 38.4 Å². The number of nitrogens with zero attached hydrogens (tertiary/aromatic N) is 3. The van der Waals surface area contributed by atoms with Crippen LogP contribution in [0, 0.1) is 5.92 Å². The van der Waals surface area contributed by atoms with Gasteiger partial charge in [-0.1, -0.05) is 18.6 Å². The molecule has 1 amide bonds. The molecular formula is C21H19N5OS. The molecule has 1 aromatic carbocycles. The molecular weight excluding hydrogens is 370 g/mol. The molecule has 0 spiro atoms. The largest absolute Gasteiger partial charge is 0.325 e. The molecule has 3 heterocycles. The van der Waals surface area contributed by atoms with E-state index in [2.05, 4.69) is 20.5 Å². The van der Waals surface area contributed by atoms with E-state index in [1.54, 1.807) is 29.9 Å². The van der Waals surface area contributed by atoms with Gasteiger partial charge in [-0.2, -0.15) is 5.10 Å². The predicted octanol–water partition coefficient (Wildman–Crippen LogP) is 4.88. The minimum Gasteiger partial charge on any atom is -0.325 e. The van der Waals surface area contributed by atoms with Crippen LogP contribution in [0.4, 0.5) is 5.69 Å². The molecule has 3 aromatic heterocycles. The van der Waals surface area contributed by atoms with E-state index in [4.69, 9.17) is 4.98 Å². The number of amides is 1. The number of thiophene rings is 1. The molecule has 0 unspecified atom stereocenters. The number of hydrogen-bond acceptors (Lipinski definition) is 5. The van der Waals surface area contributed by atoms with E-state index in [0.29, 0.717) is 12.3 Å². The SMILES string of the molecule is O=C(CC1CCC1)Nc1csc(-c2cncc(-c3ccc4cn[nH]c4c3)n2)c1. The van der Waals surface area contributed by atoms with Crippen LogP contribution in [0.2, 0.25) is 0 Å². The van der Waals surface area contributed by atoms with Crippen LogP contribution in [-0.4, -0.2) is 26.1 Å². The fourth-order valence-electron chi connectivity index (χ4n) is 3.43. The van der Waals surface area contributed by atoms with Crippen molar-refractivity contribution in [1.82, 2.24) is 20.2 Å². The highest BCUT2D eigenvalue weighted by Gasteiger charge is 2.20. The molecule has 1 aliphatic rings. The van der Waals surface area contributed by atoms with E-state index in [1.165, 1.54) is 19.3 Å². The van der Waals surface area contributed by atoms with Crippen LogP contribution >= 0.6 is 11.3 Å². The number of carbonyl (C=O) groups is 1. The molecule has 0 atom stereocenters. The average molecular weight is 389 g/mol. The second kappa shape index (κ2) is 7.16. The molecule has 2 N–H and O–H groups in total. The summed E-state index contributed by atoms with van der Waals surface area (Å²) in [6.45, 7) is 0. The quantitative estimate of drug-likeness (QED) is 0.510.